The third-order valence-electron chi connectivity index (χ3n) is 2.81. The maximum atomic E-state index is 10.9. The van der Waals surface area contributed by atoms with Crippen molar-refractivity contribution in [2.24, 2.45) is 11.8 Å². The number of anilines is 1. The number of aromatic nitrogens is 2. The second-order valence-electron chi connectivity index (χ2n) is 5.88. The minimum Gasteiger partial charge on any atom is -0.481 e. The molecule has 0 radical (unpaired) electrons. The highest BCUT2D eigenvalue weighted by atomic mass is 16.5. The van der Waals surface area contributed by atoms with E-state index in [-0.39, 0.29) is 18.4 Å². The van der Waals surface area contributed by atoms with Gasteiger partial charge < -0.3 is 15.2 Å². The zero-order chi connectivity index (χ0) is 15.8. The van der Waals surface area contributed by atoms with Crippen molar-refractivity contribution in [2.75, 3.05) is 11.9 Å². The van der Waals surface area contributed by atoms with Crippen LogP contribution < -0.4 is 10.1 Å². The van der Waals surface area contributed by atoms with E-state index in [1.165, 1.54) is 0 Å². The number of carbonyl (C=O) groups is 1. The first kappa shape index (κ1) is 17.2. The molecule has 1 unspecified atom stereocenters. The van der Waals surface area contributed by atoms with Gasteiger partial charge in [-0.2, -0.15) is 4.98 Å². The van der Waals surface area contributed by atoms with Crippen LogP contribution >= 0.6 is 0 Å². The van der Waals surface area contributed by atoms with Crippen LogP contribution in [0.2, 0.25) is 0 Å². The van der Waals surface area contributed by atoms with Crippen LogP contribution in [0.25, 0.3) is 0 Å². The fraction of sp³-hybridized carbons (Fsp3) is 0.667. The molecule has 0 aliphatic heterocycles. The maximum Gasteiger partial charge on any atom is 0.303 e. The zero-order valence-corrected chi connectivity index (χ0v) is 13.2. The van der Waals surface area contributed by atoms with E-state index in [1.54, 1.807) is 12.4 Å². The average Bonchev–Trinajstić information content (AvgIpc) is 2.34. The molecular formula is C15H25N3O3. The standard InChI is InChI=1S/C15H25N3O3/c1-10(2)5-12(6-15(19)20)7-17-13-8-16-9-14(18-13)21-11(3)4/h8-12H,5-7H2,1-4H3,(H,17,18)(H,19,20). The fourth-order valence-corrected chi connectivity index (χ4v) is 2.13. The summed E-state index contributed by atoms with van der Waals surface area (Å²) in [4.78, 5) is 19.3. The van der Waals surface area contributed by atoms with E-state index in [4.69, 9.17) is 9.84 Å². The molecule has 1 rings (SSSR count). The van der Waals surface area contributed by atoms with E-state index in [1.807, 2.05) is 13.8 Å². The summed E-state index contributed by atoms with van der Waals surface area (Å²) in [5.74, 6) is 0.822. The topological polar surface area (TPSA) is 84.3 Å². The number of rotatable bonds is 9. The van der Waals surface area contributed by atoms with Gasteiger partial charge in [0.15, 0.2) is 0 Å². The lowest BCUT2D eigenvalue weighted by atomic mass is 9.94. The van der Waals surface area contributed by atoms with Crippen molar-refractivity contribution in [1.82, 2.24) is 9.97 Å². The van der Waals surface area contributed by atoms with E-state index < -0.39 is 5.97 Å². The molecule has 1 heterocycles. The minimum absolute atomic E-state index is 0.0373. The van der Waals surface area contributed by atoms with Crippen molar-refractivity contribution in [3.8, 4) is 5.88 Å². The molecule has 6 nitrogen and oxygen atoms in total. The molecule has 0 saturated heterocycles. The smallest absolute Gasteiger partial charge is 0.303 e. The summed E-state index contributed by atoms with van der Waals surface area (Å²) in [6, 6.07) is 0. The second kappa shape index (κ2) is 8.44. The summed E-state index contributed by atoms with van der Waals surface area (Å²) in [6.45, 7) is 8.59. The molecule has 0 aliphatic carbocycles. The van der Waals surface area contributed by atoms with Crippen molar-refractivity contribution < 1.29 is 14.6 Å². The lowest BCUT2D eigenvalue weighted by molar-refractivity contribution is -0.138. The highest BCUT2D eigenvalue weighted by Crippen LogP contribution is 2.17. The molecule has 118 valence electrons. The minimum atomic E-state index is -0.773. The Labute approximate surface area is 126 Å². The quantitative estimate of drug-likeness (QED) is 0.728. The average molecular weight is 295 g/mol. The number of ether oxygens (including phenoxy) is 1. The predicted octanol–water partition coefficient (Wildman–Crippen LogP) is 2.81. The SMILES string of the molecule is CC(C)CC(CNc1cncc(OC(C)C)n1)CC(=O)O. The first-order chi connectivity index (χ1) is 9.86. The Balaban J connectivity index is 2.59. The Hall–Kier alpha value is -1.85. The molecule has 6 heteroatoms. The molecule has 2 N–H and O–H groups in total. The van der Waals surface area contributed by atoms with Crippen LogP contribution in [0.5, 0.6) is 5.88 Å². The van der Waals surface area contributed by atoms with E-state index in [0.29, 0.717) is 24.2 Å². The molecule has 1 atom stereocenters. The lowest BCUT2D eigenvalue weighted by Gasteiger charge is -2.18. The van der Waals surface area contributed by atoms with Crippen molar-refractivity contribution >= 4 is 11.8 Å². The molecular weight excluding hydrogens is 270 g/mol. The molecule has 0 bridgehead atoms. The number of nitrogens with one attached hydrogen (secondary N) is 1. The Morgan fingerprint density at radius 1 is 1.33 bits per heavy atom. The van der Waals surface area contributed by atoms with Crippen LogP contribution in [0.1, 0.15) is 40.5 Å². The molecule has 0 amide bonds. The Morgan fingerprint density at radius 2 is 2.05 bits per heavy atom. The van der Waals surface area contributed by atoms with E-state index >= 15 is 0 Å². The number of carboxylic acid groups (broad SMARTS) is 1. The first-order valence-electron chi connectivity index (χ1n) is 7.31. The number of hydrogen-bond donors (Lipinski definition) is 2. The third kappa shape index (κ3) is 7.48. The Morgan fingerprint density at radius 3 is 2.62 bits per heavy atom. The van der Waals surface area contributed by atoms with Gasteiger partial charge in [0.2, 0.25) is 5.88 Å². The highest BCUT2D eigenvalue weighted by Gasteiger charge is 2.15. The van der Waals surface area contributed by atoms with Gasteiger partial charge in [-0.25, -0.2) is 0 Å². The molecule has 0 saturated carbocycles. The van der Waals surface area contributed by atoms with Gasteiger partial charge in [0, 0.05) is 13.0 Å². The number of aliphatic carboxylic acids is 1. The molecule has 0 aromatic carbocycles. The van der Waals surface area contributed by atoms with E-state index in [0.717, 1.165) is 6.42 Å². The van der Waals surface area contributed by atoms with Crippen molar-refractivity contribution in [3.63, 3.8) is 0 Å². The molecule has 1 aromatic heterocycles. The number of carboxylic acids is 1. The summed E-state index contributed by atoms with van der Waals surface area (Å²) in [5.41, 5.74) is 0. The normalized spacial score (nSPS) is 12.5. The summed E-state index contributed by atoms with van der Waals surface area (Å²) < 4.78 is 5.48. The van der Waals surface area contributed by atoms with E-state index in [9.17, 15) is 4.79 Å². The number of hydrogen-bond acceptors (Lipinski definition) is 5. The second-order valence-corrected chi connectivity index (χ2v) is 5.88. The van der Waals surface area contributed by atoms with Crippen molar-refractivity contribution in [3.05, 3.63) is 12.4 Å². The Kier molecular flexibility index (Phi) is 6.91. The van der Waals surface area contributed by atoms with Crippen LogP contribution in [0.3, 0.4) is 0 Å². The Bertz CT molecular complexity index is 450. The first-order valence-corrected chi connectivity index (χ1v) is 7.31. The number of nitrogens with zero attached hydrogens (tertiary/aromatic N) is 2. The van der Waals surface area contributed by atoms with Crippen LogP contribution in [0.4, 0.5) is 5.82 Å². The lowest BCUT2D eigenvalue weighted by Crippen LogP contribution is -2.20. The van der Waals surface area contributed by atoms with Crippen molar-refractivity contribution in [1.29, 1.82) is 0 Å². The molecule has 0 fully saturated rings. The van der Waals surface area contributed by atoms with Crippen LogP contribution in [-0.2, 0) is 4.79 Å². The molecule has 0 spiro atoms. The summed E-state index contributed by atoms with van der Waals surface area (Å²) >= 11 is 0. The van der Waals surface area contributed by atoms with Crippen LogP contribution in [-0.4, -0.2) is 33.7 Å². The van der Waals surface area contributed by atoms with Gasteiger partial charge >= 0.3 is 5.97 Å². The largest absolute Gasteiger partial charge is 0.481 e. The summed E-state index contributed by atoms with van der Waals surface area (Å²) in [7, 11) is 0. The monoisotopic (exact) mass is 295 g/mol. The van der Waals surface area contributed by atoms with Gasteiger partial charge in [0.25, 0.3) is 0 Å². The molecule has 21 heavy (non-hydrogen) atoms. The molecule has 1 aromatic rings. The summed E-state index contributed by atoms with van der Waals surface area (Å²) in [5, 5.41) is 12.1. The van der Waals surface area contributed by atoms with Gasteiger partial charge in [-0.1, -0.05) is 13.8 Å². The summed E-state index contributed by atoms with van der Waals surface area (Å²) in [6.07, 6.45) is 4.22. The van der Waals surface area contributed by atoms with Crippen molar-refractivity contribution in [2.45, 2.75) is 46.6 Å². The predicted molar refractivity (Wildman–Crippen MR) is 81.5 cm³/mol. The van der Waals surface area contributed by atoms with Crippen LogP contribution in [0.15, 0.2) is 12.4 Å². The van der Waals surface area contributed by atoms with E-state index in [2.05, 4.69) is 29.1 Å². The van der Waals surface area contributed by atoms with Crippen LogP contribution in [0, 0.1) is 11.8 Å². The third-order valence-corrected chi connectivity index (χ3v) is 2.81. The van der Waals surface area contributed by atoms with Gasteiger partial charge in [0.05, 0.1) is 18.5 Å². The zero-order valence-electron chi connectivity index (χ0n) is 13.2. The van der Waals surface area contributed by atoms with Gasteiger partial charge in [-0.15, -0.1) is 0 Å². The molecule has 0 aliphatic rings. The van der Waals surface area contributed by atoms with Gasteiger partial charge in [-0.3, -0.25) is 9.78 Å². The highest BCUT2D eigenvalue weighted by molar-refractivity contribution is 5.67. The fourth-order valence-electron chi connectivity index (χ4n) is 2.13. The van der Waals surface area contributed by atoms with Gasteiger partial charge in [0.1, 0.15) is 5.82 Å². The maximum absolute atomic E-state index is 10.9. The van der Waals surface area contributed by atoms with Gasteiger partial charge in [-0.05, 0) is 32.1 Å².